The highest BCUT2D eigenvalue weighted by Gasteiger charge is 2.09. The molecule has 0 bridgehead atoms. The van der Waals surface area contributed by atoms with Crippen molar-refractivity contribution in [1.82, 2.24) is 34.8 Å². The molecule has 9 nitrogen and oxygen atoms in total. The molecule has 0 aliphatic carbocycles. The van der Waals surface area contributed by atoms with Crippen molar-refractivity contribution in [3.8, 4) is 22.3 Å². The molecule has 0 saturated heterocycles. The first-order valence-electron chi connectivity index (χ1n) is 8.81. The molecule has 0 radical (unpaired) electrons. The Balaban J connectivity index is 0.000000150. The summed E-state index contributed by atoms with van der Waals surface area (Å²) in [7, 11) is 0. The molecule has 0 spiro atoms. The van der Waals surface area contributed by atoms with Crippen LogP contribution in [-0.4, -0.2) is 34.8 Å². The van der Waals surface area contributed by atoms with Crippen molar-refractivity contribution >= 4 is 11.5 Å². The maximum atomic E-state index is 11.7. The zero-order chi connectivity index (χ0) is 20.2. The van der Waals surface area contributed by atoms with E-state index >= 15 is 0 Å². The molecule has 29 heavy (non-hydrogen) atoms. The van der Waals surface area contributed by atoms with Crippen LogP contribution in [0, 0.1) is 6.92 Å². The molecule has 5 aromatic heterocycles. The Morgan fingerprint density at radius 2 is 1.59 bits per heavy atom. The highest BCUT2D eigenvalue weighted by molar-refractivity contribution is 5.76. The molecule has 0 amide bonds. The van der Waals surface area contributed by atoms with Crippen molar-refractivity contribution < 1.29 is 0 Å². The lowest BCUT2D eigenvalue weighted by atomic mass is 10.1. The molecule has 0 unspecified atom stereocenters. The first kappa shape index (κ1) is 18.1. The van der Waals surface area contributed by atoms with Gasteiger partial charge >= 0.3 is 0 Å². The van der Waals surface area contributed by atoms with Crippen LogP contribution < -0.4 is 11.3 Å². The summed E-state index contributed by atoms with van der Waals surface area (Å²) >= 11 is 0. The van der Waals surface area contributed by atoms with E-state index in [2.05, 4.69) is 30.2 Å². The Morgan fingerprint density at radius 1 is 0.966 bits per heavy atom. The second-order valence-electron chi connectivity index (χ2n) is 6.25. The standard InChI is InChI=1S/C12H10N4O.C8H8N4/c1-8-6-11(17)16-12(15-8)10(7-14-16)9-2-4-13-5-3-9;9-8-7(5-11-12-8)6-1-3-10-4-2-6/h2-7,14H,1H3;1-5H,(H3,9,11,12). The van der Waals surface area contributed by atoms with E-state index in [9.17, 15) is 4.79 Å². The van der Waals surface area contributed by atoms with Gasteiger partial charge in [-0.1, -0.05) is 0 Å². The molecule has 5 aromatic rings. The summed E-state index contributed by atoms with van der Waals surface area (Å²) in [5.41, 5.74) is 10.7. The SMILES string of the molecule is Cc1cc(=O)n2[nH]cc(-c3ccncc3)c2n1.Nc1[nH]ncc1-c1ccncc1. The predicted molar refractivity (Wildman–Crippen MR) is 110 cm³/mol. The molecule has 5 rings (SSSR count). The van der Waals surface area contributed by atoms with Gasteiger partial charge < -0.3 is 5.73 Å². The minimum absolute atomic E-state index is 0.104. The third-order valence-electron chi connectivity index (χ3n) is 4.28. The van der Waals surface area contributed by atoms with Gasteiger partial charge in [-0.25, -0.2) is 9.50 Å². The van der Waals surface area contributed by atoms with Gasteiger partial charge in [-0.2, -0.15) is 5.10 Å². The normalized spacial score (nSPS) is 10.5. The van der Waals surface area contributed by atoms with Crippen LogP contribution >= 0.6 is 0 Å². The number of hydrogen-bond donors (Lipinski definition) is 3. The van der Waals surface area contributed by atoms with E-state index in [4.69, 9.17) is 5.73 Å². The third-order valence-corrected chi connectivity index (χ3v) is 4.28. The molecule has 0 atom stereocenters. The van der Waals surface area contributed by atoms with Gasteiger partial charge in [0.25, 0.3) is 5.56 Å². The van der Waals surface area contributed by atoms with Gasteiger partial charge in [-0.15, -0.1) is 0 Å². The van der Waals surface area contributed by atoms with Crippen LogP contribution in [-0.2, 0) is 0 Å². The Morgan fingerprint density at radius 3 is 2.17 bits per heavy atom. The van der Waals surface area contributed by atoms with E-state index in [1.165, 1.54) is 10.6 Å². The Bertz CT molecular complexity index is 1290. The maximum absolute atomic E-state index is 11.7. The van der Waals surface area contributed by atoms with Gasteiger partial charge in [-0.05, 0) is 42.3 Å². The molecule has 0 fully saturated rings. The van der Waals surface area contributed by atoms with E-state index in [-0.39, 0.29) is 5.56 Å². The Labute approximate surface area is 165 Å². The van der Waals surface area contributed by atoms with Gasteiger partial charge in [0.1, 0.15) is 5.82 Å². The van der Waals surface area contributed by atoms with Crippen LogP contribution in [0.4, 0.5) is 5.82 Å². The summed E-state index contributed by atoms with van der Waals surface area (Å²) in [5.74, 6) is 0.584. The van der Waals surface area contributed by atoms with Gasteiger partial charge in [0.15, 0.2) is 5.65 Å². The van der Waals surface area contributed by atoms with Gasteiger partial charge in [-0.3, -0.25) is 25.0 Å². The number of anilines is 1. The minimum atomic E-state index is -0.104. The van der Waals surface area contributed by atoms with Crippen molar-refractivity contribution in [1.29, 1.82) is 0 Å². The largest absolute Gasteiger partial charge is 0.384 e. The number of aryl methyl sites for hydroxylation is 1. The fraction of sp³-hybridized carbons (Fsp3) is 0.0500. The number of aromatic amines is 2. The summed E-state index contributed by atoms with van der Waals surface area (Å²) in [5, 5.41) is 9.41. The lowest BCUT2D eigenvalue weighted by molar-refractivity contribution is 0.890. The Kier molecular flexibility index (Phi) is 4.85. The fourth-order valence-electron chi connectivity index (χ4n) is 2.90. The van der Waals surface area contributed by atoms with Gasteiger partial charge in [0.05, 0.1) is 6.20 Å². The number of H-pyrrole nitrogens is 2. The number of hydrogen-bond acceptors (Lipinski definition) is 6. The summed E-state index contributed by atoms with van der Waals surface area (Å²) in [6.07, 6.45) is 10.4. The Hall–Kier alpha value is -4.27. The van der Waals surface area contributed by atoms with Crippen molar-refractivity contribution in [2.45, 2.75) is 6.92 Å². The number of nitrogen functional groups attached to an aromatic ring is 1. The van der Waals surface area contributed by atoms with E-state index in [0.29, 0.717) is 17.2 Å². The topological polar surface area (TPSA) is 131 Å². The van der Waals surface area contributed by atoms with Crippen LogP contribution in [0.25, 0.3) is 27.9 Å². The molecular weight excluding hydrogens is 368 g/mol. The monoisotopic (exact) mass is 386 g/mol. The lowest BCUT2D eigenvalue weighted by Gasteiger charge is -1.98. The van der Waals surface area contributed by atoms with E-state index in [1.807, 2.05) is 31.2 Å². The van der Waals surface area contributed by atoms with Crippen LogP contribution in [0.3, 0.4) is 0 Å². The minimum Gasteiger partial charge on any atom is -0.384 e. The van der Waals surface area contributed by atoms with E-state index < -0.39 is 0 Å². The van der Waals surface area contributed by atoms with E-state index in [0.717, 1.165) is 22.3 Å². The summed E-state index contributed by atoms with van der Waals surface area (Å²) in [6, 6.07) is 9.05. The molecular formula is C20H18N8O. The van der Waals surface area contributed by atoms with Crippen LogP contribution in [0.2, 0.25) is 0 Å². The second-order valence-corrected chi connectivity index (χ2v) is 6.25. The average Bonchev–Trinajstić information content (AvgIpc) is 3.36. The van der Waals surface area contributed by atoms with Crippen molar-refractivity contribution in [2.24, 2.45) is 0 Å². The van der Waals surface area contributed by atoms with Crippen LogP contribution in [0.5, 0.6) is 0 Å². The molecule has 144 valence electrons. The second kappa shape index (κ2) is 7.77. The van der Waals surface area contributed by atoms with Crippen molar-refractivity contribution in [3.05, 3.63) is 83.6 Å². The number of fused-ring (bicyclic) bond motifs is 1. The number of nitrogens with two attached hydrogens (primary N) is 1. The number of aromatic nitrogens is 7. The van der Waals surface area contributed by atoms with Gasteiger partial charge in [0.2, 0.25) is 0 Å². The highest BCUT2D eigenvalue weighted by atomic mass is 16.1. The lowest BCUT2D eigenvalue weighted by Crippen LogP contribution is -2.14. The molecule has 0 aliphatic rings. The zero-order valence-corrected chi connectivity index (χ0v) is 15.6. The zero-order valence-electron chi connectivity index (χ0n) is 15.6. The predicted octanol–water partition coefficient (Wildman–Crippen LogP) is 2.45. The average molecular weight is 386 g/mol. The first-order chi connectivity index (χ1) is 14.1. The number of rotatable bonds is 2. The number of nitrogens with one attached hydrogen (secondary N) is 2. The quantitative estimate of drug-likeness (QED) is 0.427. The number of pyridine rings is 2. The summed E-state index contributed by atoms with van der Waals surface area (Å²) < 4.78 is 1.43. The first-order valence-corrected chi connectivity index (χ1v) is 8.81. The highest BCUT2D eigenvalue weighted by Crippen LogP contribution is 2.22. The van der Waals surface area contributed by atoms with Gasteiger partial charge in [0, 0.05) is 53.9 Å². The third kappa shape index (κ3) is 3.74. The number of nitrogens with zero attached hydrogens (tertiary/aromatic N) is 5. The molecule has 0 aromatic carbocycles. The van der Waals surface area contributed by atoms with Crippen LogP contribution in [0.15, 0.2) is 72.3 Å². The summed E-state index contributed by atoms with van der Waals surface area (Å²) in [6.45, 7) is 1.81. The van der Waals surface area contributed by atoms with Crippen molar-refractivity contribution in [2.75, 3.05) is 5.73 Å². The maximum Gasteiger partial charge on any atom is 0.272 e. The van der Waals surface area contributed by atoms with Crippen molar-refractivity contribution in [3.63, 3.8) is 0 Å². The summed E-state index contributed by atoms with van der Waals surface area (Å²) in [4.78, 5) is 24.0. The smallest absolute Gasteiger partial charge is 0.272 e. The molecule has 5 heterocycles. The molecule has 0 saturated carbocycles. The molecule has 4 N–H and O–H groups in total. The molecule has 9 heteroatoms. The van der Waals surface area contributed by atoms with Crippen LogP contribution in [0.1, 0.15) is 5.69 Å². The molecule has 0 aliphatic heterocycles. The fourth-order valence-corrected chi connectivity index (χ4v) is 2.90. The van der Waals surface area contributed by atoms with E-state index in [1.54, 1.807) is 37.2 Å².